The number of rotatable bonds is 6. The number of halogens is 1. The van der Waals surface area contributed by atoms with Gasteiger partial charge in [0.05, 0.1) is 5.02 Å². The summed E-state index contributed by atoms with van der Waals surface area (Å²) in [5.74, 6) is 6.09. The molecule has 1 heterocycles. The van der Waals surface area contributed by atoms with Crippen LogP contribution in [0.15, 0.2) is 17.2 Å². The van der Waals surface area contributed by atoms with Gasteiger partial charge in [0, 0.05) is 12.7 Å². The number of hydrogen-bond acceptors (Lipinski definition) is 5. The summed E-state index contributed by atoms with van der Waals surface area (Å²) < 4.78 is 26.4. The molecule has 0 amide bonds. The van der Waals surface area contributed by atoms with E-state index in [0.29, 0.717) is 12.5 Å². The van der Waals surface area contributed by atoms with Crippen LogP contribution in [0.3, 0.4) is 0 Å². The van der Waals surface area contributed by atoms with E-state index in [1.807, 2.05) is 0 Å². The monoisotopic (exact) mass is 290 g/mol. The molecule has 1 fully saturated rings. The largest absolute Gasteiger partial charge is 0.307 e. The van der Waals surface area contributed by atoms with Gasteiger partial charge in [0.1, 0.15) is 4.90 Å². The molecule has 6 nitrogen and oxygen atoms in total. The summed E-state index contributed by atoms with van der Waals surface area (Å²) >= 11 is 5.83. The van der Waals surface area contributed by atoms with Gasteiger partial charge in [-0.2, -0.15) is 0 Å². The summed E-state index contributed by atoms with van der Waals surface area (Å²) in [7, 11) is -3.54. The summed E-state index contributed by atoms with van der Waals surface area (Å²) in [6.45, 7) is 0.446. The zero-order chi connectivity index (χ0) is 13.2. The number of hydrogen-bond donors (Lipinski definition) is 3. The third-order valence-electron chi connectivity index (χ3n) is 2.80. The highest BCUT2D eigenvalue weighted by atomic mass is 35.5. The van der Waals surface area contributed by atoms with Gasteiger partial charge in [-0.25, -0.2) is 24.0 Å². The van der Waals surface area contributed by atoms with Crippen LogP contribution in [0.1, 0.15) is 19.3 Å². The Morgan fingerprint density at radius 3 is 2.78 bits per heavy atom. The lowest BCUT2D eigenvalue weighted by molar-refractivity contribution is 0.575. The topological polar surface area (TPSA) is 97.1 Å². The third-order valence-corrected chi connectivity index (χ3v) is 4.52. The van der Waals surface area contributed by atoms with E-state index in [-0.39, 0.29) is 15.7 Å². The van der Waals surface area contributed by atoms with E-state index in [0.717, 1.165) is 6.42 Å². The predicted octanol–water partition coefficient (Wildman–Crippen LogP) is 1.10. The Kier molecular flexibility index (Phi) is 4.06. The number of aromatic nitrogens is 1. The van der Waals surface area contributed by atoms with Crippen LogP contribution >= 0.6 is 11.6 Å². The minimum atomic E-state index is -3.54. The standard InChI is InChI=1S/C10H15ClN4O2S/c11-9-5-8(6-13-10(9)15-12)18(16,17)14-4-3-7-1-2-7/h5-7,14H,1-4,12H2,(H,13,15). The predicted molar refractivity (Wildman–Crippen MR) is 69.6 cm³/mol. The lowest BCUT2D eigenvalue weighted by Crippen LogP contribution is -2.25. The highest BCUT2D eigenvalue weighted by Gasteiger charge is 2.22. The number of hydrazine groups is 1. The Morgan fingerprint density at radius 1 is 1.50 bits per heavy atom. The molecule has 1 saturated carbocycles. The fourth-order valence-electron chi connectivity index (χ4n) is 1.56. The second-order valence-corrected chi connectivity index (χ2v) is 6.45. The third kappa shape index (κ3) is 3.32. The first kappa shape index (κ1) is 13.5. The molecule has 2 rings (SSSR count). The Labute approximate surface area is 111 Å². The molecule has 18 heavy (non-hydrogen) atoms. The second kappa shape index (κ2) is 5.40. The van der Waals surface area contributed by atoms with Crippen molar-refractivity contribution in [3.05, 3.63) is 17.3 Å². The molecule has 0 spiro atoms. The van der Waals surface area contributed by atoms with Crippen molar-refractivity contribution in [1.29, 1.82) is 0 Å². The summed E-state index contributed by atoms with van der Waals surface area (Å²) in [5, 5.41) is 0.169. The summed E-state index contributed by atoms with van der Waals surface area (Å²) in [4.78, 5) is 3.88. The van der Waals surface area contributed by atoms with Crippen molar-refractivity contribution in [2.24, 2.45) is 11.8 Å². The van der Waals surface area contributed by atoms with Gasteiger partial charge < -0.3 is 5.43 Å². The van der Waals surface area contributed by atoms with Gasteiger partial charge in [-0.3, -0.25) is 0 Å². The molecule has 0 atom stereocenters. The minimum absolute atomic E-state index is 0.0438. The fourth-order valence-corrected chi connectivity index (χ4v) is 2.86. The number of nitrogens with two attached hydrogens (primary N) is 1. The Balaban J connectivity index is 2.05. The van der Waals surface area contributed by atoms with E-state index in [2.05, 4.69) is 15.1 Å². The Morgan fingerprint density at radius 2 is 2.22 bits per heavy atom. The van der Waals surface area contributed by atoms with Crippen molar-refractivity contribution >= 4 is 27.4 Å². The molecule has 1 aliphatic rings. The van der Waals surface area contributed by atoms with Crippen molar-refractivity contribution in [3.8, 4) is 0 Å². The second-order valence-electron chi connectivity index (χ2n) is 4.28. The molecule has 8 heteroatoms. The van der Waals surface area contributed by atoms with Gasteiger partial charge in [0.25, 0.3) is 0 Å². The molecular weight excluding hydrogens is 276 g/mol. The van der Waals surface area contributed by atoms with Crippen LogP contribution < -0.4 is 16.0 Å². The zero-order valence-electron chi connectivity index (χ0n) is 9.69. The molecule has 4 N–H and O–H groups in total. The zero-order valence-corrected chi connectivity index (χ0v) is 11.3. The van der Waals surface area contributed by atoms with Crippen molar-refractivity contribution in [3.63, 3.8) is 0 Å². The van der Waals surface area contributed by atoms with Gasteiger partial charge >= 0.3 is 0 Å². The normalized spacial score (nSPS) is 15.7. The van der Waals surface area contributed by atoms with Crippen LogP contribution in [0.2, 0.25) is 5.02 Å². The van der Waals surface area contributed by atoms with Gasteiger partial charge in [-0.1, -0.05) is 24.4 Å². The average Bonchev–Trinajstić information content (AvgIpc) is 3.12. The number of nitrogens with zero attached hydrogens (tertiary/aromatic N) is 1. The molecule has 0 saturated heterocycles. The summed E-state index contributed by atoms with van der Waals surface area (Å²) in [6, 6.07) is 1.32. The van der Waals surface area contributed by atoms with Crippen molar-refractivity contribution in [1.82, 2.24) is 9.71 Å². The smallest absolute Gasteiger partial charge is 0.242 e. The van der Waals surface area contributed by atoms with Gasteiger partial charge in [-0.15, -0.1) is 0 Å². The van der Waals surface area contributed by atoms with E-state index in [1.165, 1.54) is 25.1 Å². The molecule has 100 valence electrons. The lowest BCUT2D eigenvalue weighted by Gasteiger charge is -2.08. The van der Waals surface area contributed by atoms with Crippen LogP contribution in [0.25, 0.3) is 0 Å². The molecule has 0 unspecified atom stereocenters. The molecule has 1 aliphatic carbocycles. The Bertz CT molecular complexity index is 531. The van der Waals surface area contributed by atoms with Gasteiger partial charge in [-0.05, 0) is 18.4 Å². The molecular formula is C10H15ClN4O2S. The fraction of sp³-hybridized carbons (Fsp3) is 0.500. The van der Waals surface area contributed by atoms with Crippen LogP contribution in [0, 0.1) is 5.92 Å². The molecule has 0 aromatic carbocycles. The number of nitrogen functional groups attached to an aromatic ring is 1. The van der Waals surface area contributed by atoms with Crippen LogP contribution in [0.4, 0.5) is 5.82 Å². The number of nitrogens with one attached hydrogen (secondary N) is 2. The Hall–Kier alpha value is -0.890. The highest BCUT2D eigenvalue weighted by molar-refractivity contribution is 7.89. The maximum Gasteiger partial charge on any atom is 0.242 e. The first-order valence-corrected chi connectivity index (χ1v) is 7.51. The van der Waals surface area contributed by atoms with E-state index in [1.54, 1.807) is 0 Å². The van der Waals surface area contributed by atoms with Crippen LogP contribution in [0.5, 0.6) is 0 Å². The van der Waals surface area contributed by atoms with E-state index >= 15 is 0 Å². The van der Waals surface area contributed by atoms with Crippen LogP contribution in [-0.4, -0.2) is 19.9 Å². The SMILES string of the molecule is NNc1ncc(S(=O)(=O)NCCC2CC2)cc1Cl. The van der Waals surface area contributed by atoms with E-state index < -0.39 is 10.0 Å². The number of pyridine rings is 1. The van der Waals surface area contributed by atoms with Crippen molar-refractivity contribution < 1.29 is 8.42 Å². The lowest BCUT2D eigenvalue weighted by atomic mass is 10.3. The molecule has 1 aromatic rings. The highest BCUT2D eigenvalue weighted by Crippen LogP contribution is 2.31. The van der Waals surface area contributed by atoms with Crippen molar-refractivity contribution in [2.45, 2.75) is 24.2 Å². The number of anilines is 1. The van der Waals surface area contributed by atoms with Gasteiger partial charge in [0.2, 0.25) is 10.0 Å². The first-order valence-electron chi connectivity index (χ1n) is 5.65. The van der Waals surface area contributed by atoms with Gasteiger partial charge in [0.15, 0.2) is 5.82 Å². The van der Waals surface area contributed by atoms with Crippen molar-refractivity contribution in [2.75, 3.05) is 12.0 Å². The summed E-state index contributed by atoms with van der Waals surface area (Å²) in [5.41, 5.74) is 2.28. The first-order chi connectivity index (χ1) is 8.53. The maximum atomic E-state index is 11.9. The molecule has 0 bridgehead atoms. The molecule has 0 radical (unpaired) electrons. The quantitative estimate of drug-likeness (QED) is 0.538. The maximum absolute atomic E-state index is 11.9. The van der Waals surface area contributed by atoms with E-state index in [9.17, 15) is 8.42 Å². The number of sulfonamides is 1. The minimum Gasteiger partial charge on any atom is -0.307 e. The average molecular weight is 291 g/mol. The summed E-state index contributed by atoms with van der Waals surface area (Å²) in [6.07, 6.45) is 4.50. The molecule has 1 aromatic heterocycles. The molecule has 0 aliphatic heterocycles. The van der Waals surface area contributed by atoms with Crippen LogP contribution in [-0.2, 0) is 10.0 Å². The van der Waals surface area contributed by atoms with E-state index in [4.69, 9.17) is 17.4 Å².